The smallest absolute Gasteiger partial charge is 0.396 e. The topological polar surface area (TPSA) is 166 Å². The first-order chi connectivity index (χ1) is 31.2. The van der Waals surface area contributed by atoms with E-state index < -0.39 is 16.3 Å². The van der Waals surface area contributed by atoms with Crippen LogP contribution < -0.4 is 0 Å². The van der Waals surface area contributed by atoms with Gasteiger partial charge in [-0.25, -0.2) is 57.8 Å². The number of nitrogens with one attached hydrogen (secondary N) is 2. The number of phosphoric ester groups is 1. The summed E-state index contributed by atoms with van der Waals surface area (Å²) in [6.07, 6.45) is 12.9. The number of aliphatic hydroxyl groups is 1. The van der Waals surface area contributed by atoms with Crippen LogP contribution in [-0.4, -0.2) is 71.5 Å². The summed E-state index contributed by atoms with van der Waals surface area (Å²) in [5.74, 6) is 0. The summed E-state index contributed by atoms with van der Waals surface area (Å²) in [5, 5.41) is 25.7. The molecule has 0 bridgehead atoms. The molecule has 66 heavy (non-hydrogen) atoms. The Bertz CT molecular complexity index is 1890. The maximum atomic E-state index is 12.6. The molecule has 2 atom stereocenters. The summed E-state index contributed by atoms with van der Waals surface area (Å²) in [6.45, 7) is 10.5. The molecule has 6 rings (SSSR count). The van der Waals surface area contributed by atoms with Gasteiger partial charge in [0, 0.05) is 43.5 Å². The largest absolute Gasteiger partial charge is 2.00 e. The van der Waals surface area contributed by atoms with Gasteiger partial charge in [-0.3, -0.25) is 13.6 Å². The van der Waals surface area contributed by atoms with Crippen molar-refractivity contribution in [2.45, 2.75) is 91.1 Å². The number of hydrogen-bond donors (Lipinski definition) is 3. The van der Waals surface area contributed by atoms with Crippen LogP contribution in [0.3, 0.4) is 0 Å². The molecule has 0 saturated carbocycles. The first kappa shape index (κ1) is 62.4. The first-order valence-electron chi connectivity index (χ1n) is 21.9. The van der Waals surface area contributed by atoms with Crippen LogP contribution in [0.15, 0.2) is 146 Å². The molecule has 0 fully saturated rings. The van der Waals surface area contributed by atoms with Crippen LogP contribution in [0.1, 0.15) is 75.6 Å². The quantitative estimate of drug-likeness (QED) is 0.0217. The summed E-state index contributed by atoms with van der Waals surface area (Å²) in [5.41, 5.74) is 4.78. The number of aromatic amines is 2. The van der Waals surface area contributed by atoms with E-state index >= 15 is 0 Å². The molecule has 2 heterocycles. The molecule has 4 aromatic carbocycles. The third-order valence-electron chi connectivity index (χ3n) is 8.74. The molecule has 16 heteroatoms. The molecule has 0 spiro atoms. The van der Waals surface area contributed by atoms with E-state index in [2.05, 4.69) is 72.7 Å². The van der Waals surface area contributed by atoms with Crippen molar-refractivity contribution >= 4 is 16.3 Å². The molecule has 0 aliphatic carbocycles. The van der Waals surface area contributed by atoms with Gasteiger partial charge in [0.15, 0.2) is 0 Å². The van der Waals surface area contributed by atoms with Crippen LogP contribution in [0, 0.1) is 22.7 Å². The maximum absolute atomic E-state index is 12.6. The van der Waals surface area contributed by atoms with E-state index in [0.29, 0.717) is 38.1 Å². The standard InChI is InChI=1S/C17H22N2O4P.C17H28N2O2P.C6H9NO.2C5H5.2Fe/c18-10-4-13-22-24(20,23-14-9-17-8-11-19-15-17)21-12-3-7-16-5-1-2-6-16;1-15(2)19(16(3)4)22(21-14-8-12-18)20-13-7-11-17-9-5-6-10-17;8-4-2-6-1-3-7-5-6;2*1-2-4-5-3-1;;/h1-2,5-6,8,11,15,19H,3-4,7,9,12-14H2;5-6,9-10,15-16H,7-8,11,13-14H2,1-4H3;1,3,5,7-8H,2,4H2;2*1-5H;;/q2*-1;;2*-1;2*+2. The molecule has 2 unspecified atom stereocenters. The zero-order chi connectivity index (χ0) is 46.4. The van der Waals surface area contributed by atoms with Crippen molar-refractivity contribution in [2.75, 3.05) is 39.6 Å². The number of rotatable bonds is 25. The molecule has 362 valence electrons. The van der Waals surface area contributed by atoms with E-state index in [0.717, 1.165) is 43.2 Å². The molecule has 12 nitrogen and oxygen atoms in total. The van der Waals surface area contributed by atoms with Crippen molar-refractivity contribution < 1.29 is 66.4 Å². The van der Waals surface area contributed by atoms with E-state index in [1.165, 1.54) is 11.1 Å². The van der Waals surface area contributed by atoms with Crippen LogP contribution in [0.4, 0.5) is 0 Å². The third kappa shape index (κ3) is 31.4. The molecular weight excluding hydrogens is 956 g/mol. The van der Waals surface area contributed by atoms with Crippen molar-refractivity contribution in [3.63, 3.8) is 0 Å². The van der Waals surface area contributed by atoms with Gasteiger partial charge >= 0.3 is 42.0 Å². The number of H-pyrrole nitrogens is 2. The number of nitriles is 2. The van der Waals surface area contributed by atoms with Crippen molar-refractivity contribution in [1.82, 2.24) is 14.6 Å². The normalized spacial score (nSPS) is 11.6. The van der Waals surface area contributed by atoms with Gasteiger partial charge in [0.2, 0.25) is 0 Å². The zero-order valence-electron chi connectivity index (χ0n) is 38.8. The Kier molecular flexibility index (Phi) is 39.2. The number of aliphatic hydroxyl groups excluding tert-OH is 1. The molecular formula is C50H69Fe2N5O7P2. The van der Waals surface area contributed by atoms with Gasteiger partial charge in [0.05, 0.1) is 58.0 Å². The Morgan fingerprint density at radius 2 is 1.11 bits per heavy atom. The summed E-state index contributed by atoms with van der Waals surface area (Å²) in [6, 6.07) is 45.1. The van der Waals surface area contributed by atoms with Gasteiger partial charge in [-0.05, 0) is 89.5 Å². The monoisotopic (exact) mass is 1030 g/mol. The zero-order valence-corrected chi connectivity index (χ0v) is 42.7. The van der Waals surface area contributed by atoms with E-state index in [1.807, 2.05) is 128 Å². The Morgan fingerprint density at radius 3 is 1.53 bits per heavy atom. The van der Waals surface area contributed by atoms with Crippen molar-refractivity contribution in [2.24, 2.45) is 0 Å². The van der Waals surface area contributed by atoms with E-state index in [9.17, 15) is 4.57 Å². The maximum Gasteiger partial charge on any atom is 2.00 e. The van der Waals surface area contributed by atoms with Gasteiger partial charge in [0.1, 0.15) is 0 Å². The van der Waals surface area contributed by atoms with Gasteiger partial charge in [-0.15, -0.1) is 0 Å². The number of phosphoric acid groups is 1. The van der Waals surface area contributed by atoms with Crippen LogP contribution in [-0.2, 0) is 87.0 Å². The molecule has 6 aromatic rings. The predicted octanol–water partition coefficient (Wildman–Crippen LogP) is 12.0. The minimum Gasteiger partial charge on any atom is -0.396 e. The molecule has 0 saturated heterocycles. The van der Waals surface area contributed by atoms with Gasteiger partial charge < -0.3 is 24.1 Å². The second-order valence-electron chi connectivity index (χ2n) is 14.6. The van der Waals surface area contributed by atoms with Crippen molar-refractivity contribution in [3.8, 4) is 12.1 Å². The van der Waals surface area contributed by atoms with Crippen molar-refractivity contribution in [1.29, 1.82) is 10.5 Å². The molecule has 0 aliphatic rings. The second-order valence-corrected chi connectivity index (χ2v) is 17.7. The second kappa shape index (κ2) is 41.5. The summed E-state index contributed by atoms with van der Waals surface area (Å²) in [4.78, 5) is 5.85. The van der Waals surface area contributed by atoms with Gasteiger partial charge in [-0.2, -0.15) is 82.3 Å². The first-order valence-corrected chi connectivity index (χ1v) is 24.5. The molecule has 0 radical (unpaired) electrons. The fourth-order valence-electron chi connectivity index (χ4n) is 5.73. The number of aryl methyl sites for hydroxylation is 2. The van der Waals surface area contributed by atoms with Crippen LogP contribution in [0.2, 0.25) is 0 Å². The summed E-state index contributed by atoms with van der Waals surface area (Å²) < 4.78 is 42.7. The molecule has 0 aliphatic heterocycles. The third-order valence-corrected chi connectivity index (χ3v) is 12.3. The minimum absolute atomic E-state index is 0. The Balaban J connectivity index is 0.000000908. The Morgan fingerprint density at radius 1 is 0.636 bits per heavy atom. The minimum atomic E-state index is -3.64. The van der Waals surface area contributed by atoms with Crippen LogP contribution in [0.25, 0.3) is 0 Å². The summed E-state index contributed by atoms with van der Waals surface area (Å²) in [7, 11) is -4.74. The SMILES string of the molecule is CC(C)N(C(C)C)P(OCCC#N)OCCCc1ccc[cH-]1.N#CCCOP(=O)(OCCCc1ccc[cH-]1)OCCc1cc[nH]c1.OCCc1cc[nH]c1.[Fe+2].[Fe+2].c1cc[cH-]c1.c1cc[cH-]c1. The van der Waals surface area contributed by atoms with Crippen LogP contribution >= 0.6 is 16.3 Å². The molecule has 0 amide bonds. The van der Waals surface area contributed by atoms with E-state index in [-0.39, 0.29) is 67.0 Å². The van der Waals surface area contributed by atoms with Gasteiger partial charge in [0.25, 0.3) is 8.53 Å². The number of hydrogen-bond acceptors (Lipinski definition) is 10. The predicted molar refractivity (Wildman–Crippen MR) is 258 cm³/mol. The average molecular weight is 1030 g/mol. The molecule has 2 aromatic heterocycles. The number of aromatic nitrogens is 2. The Labute approximate surface area is 417 Å². The van der Waals surface area contributed by atoms with Gasteiger partial charge in [-0.1, -0.05) is 0 Å². The van der Waals surface area contributed by atoms with Crippen molar-refractivity contribution in [3.05, 3.63) is 168 Å². The van der Waals surface area contributed by atoms with E-state index in [4.69, 9.17) is 38.2 Å². The molecule has 3 N–H and O–H groups in total. The van der Waals surface area contributed by atoms with Crippen LogP contribution in [0.5, 0.6) is 0 Å². The Hall–Kier alpha value is -3.64. The summed E-state index contributed by atoms with van der Waals surface area (Å²) >= 11 is 0. The average Bonchev–Trinajstić information content (AvgIpc) is 4.15. The number of nitrogens with zero attached hydrogens (tertiary/aromatic N) is 3. The fourth-order valence-corrected chi connectivity index (χ4v) is 8.57. The van der Waals surface area contributed by atoms with E-state index in [1.54, 1.807) is 0 Å². The fraction of sp³-hybridized carbons (Fsp3) is 0.400.